The van der Waals surface area contributed by atoms with Crippen molar-refractivity contribution in [3.63, 3.8) is 0 Å². The van der Waals surface area contributed by atoms with E-state index in [9.17, 15) is 0 Å². The van der Waals surface area contributed by atoms with Crippen molar-refractivity contribution in [3.8, 4) is 0 Å². The smallest absolute Gasteiger partial charge is 0.0107 e. The summed E-state index contributed by atoms with van der Waals surface area (Å²) in [5.41, 5.74) is 0. The highest BCUT2D eigenvalue weighted by Crippen LogP contribution is 2.21. The largest absolute Gasteiger partial charge is 0.313 e. The molecule has 1 saturated heterocycles. The molecule has 0 aromatic heterocycles. The number of rotatable bonds is 10. The molecule has 1 aliphatic heterocycles. The fourth-order valence-electron chi connectivity index (χ4n) is 3.18. The third-order valence-electron chi connectivity index (χ3n) is 4.57. The van der Waals surface area contributed by atoms with Gasteiger partial charge >= 0.3 is 0 Å². The minimum Gasteiger partial charge on any atom is -0.313 e. The Balaban J connectivity index is 1.98. The first-order valence-electron chi connectivity index (χ1n) is 8.72. The molecule has 0 bridgehead atoms. The van der Waals surface area contributed by atoms with Gasteiger partial charge in [0.1, 0.15) is 0 Å². The second-order valence-corrected chi connectivity index (χ2v) is 6.42. The van der Waals surface area contributed by atoms with Crippen LogP contribution in [0.2, 0.25) is 0 Å². The first-order valence-corrected chi connectivity index (χ1v) is 8.72. The predicted octanol–water partition coefficient (Wildman–Crippen LogP) is 4.06. The molecule has 0 aromatic rings. The maximum absolute atomic E-state index is 3.68. The Kier molecular flexibility index (Phi) is 9.54. The van der Waals surface area contributed by atoms with Crippen molar-refractivity contribution in [2.45, 2.75) is 78.2 Å². The Morgan fingerprint density at radius 3 is 2.47 bits per heavy atom. The Morgan fingerprint density at radius 2 is 1.84 bits per heavy atom. The normalized spacial score (nSPS) is 19.7. The van der Waals surface area contributed by atoms with Crippen LogP contribution in [0.25, 0.3) is 0 Å². The molecule has 0 aromatic carbocycles. The maximum atomic E-state index is 3.68. The van der Waals surface area contributed by atoms with Gasteiger partial charge in [0.05, 0.1) is 0 Å². The summed E-state index contributed by atoms with van der Waals surface area (Å²) in [5.74, 6) is 1.02. The third-order valence-corrected chi connectivity index (χ3v) is 4.57. The van der Waals surface area contributed by atoms with Crippen LogP contribution in [0.1, 0.15) is 72.1 Å². The summed E-state index contributed by atoms with van der Waals surface area (Å²) in [6.45, 7) is 12.0. The van der Waals surface area contributed by atoms with Gasteiger partial charge in [-0.25, -0.2) is 0 Å². The van der Waals surface area contributed by atoms with Crippen LogP contribution < -0.4 is 5.32 Å². The van der Waals surface area contributed by atoms with Crippen molar-refractivity contribution in [1.29, 1.82) is 0 Å². The van der Waals surface area contributed by atoms with Crippen LogP contribution in [-0.2, 0) is 0 Å². The van der Waals surface area contributed by atoms with Crippen molar-refractivity contribution in [2.75, 3.05) is 26.2 Å². The van der Waals surface area contributed by atoms with E-state index in [1.807, 2.05) is 0 Å². The van der Waals surface area contributed by atoms with E-state index in [2.05, 4.69) is 31.0 Å². The van der Waals surface area contributed by atoms with Crippen LogP contribution in [0.3, 0.4) is 0 Å². The molecule has 0 aliphatic carbocycles. The number of nitrogens with one attached hydrogen (secondary N) is 1. The zero-order chi connectivity index (χ0) is 13.9. The minimum atomic E-state index is 0.698. The molecule has 0 radical (unpaired) electrons. The second kappa shape index (κ2) is 10.7. The molecule has 114 valence electrons. The molecule has 1 heterocycles. The first kappa shape index (κ1) is 17.0. The van der Waals surface area contributed by atoms with Crippen LogP contribution >= 0.6 is 0 Å². The fraction of sp³-hybridized carbons (Fsp3) is 1.00. The quantitative estimate of drug-likeness (QED) is 0.601. The molecular weight excluding hydrogens is 232 g/mol. The standard InChI is InChI=1S/C17H36N2/c1-4-6-7-9-16(3)18-12-15-19-13-10-17(8-5-2)11-14-19/h16-18H,4-15H2,1-3H3. The van der Waals surface area contributed by atoms with Crippen LogP contribution in [-0.4, -0.2) is 37.1 Å². The van der Waals surface area contributed by atoms with E-state index >= 15 is 0 Å². The van der Waals surface area contributed by atoms with Gasteiger partial charge in [0.15, 0.2) is 0 Å². The van der Waals surface area contributed by atoms with E-state index in [1.54, 1.807) is 0 Å². The molecule has 1 rings (SSSR count). The van der Waals surface area contributed by atoms with Gasteiger partial charge in [-0.15, -0.1) is 0 Å². The molecule has 2 nitrogen and oxygen atoms in total. The SMILES string of the molecule is CCCCCC(C)NCCN1CCC(CCC)CC1. The van der Waals surface area contributed by atoms with Gasteiger partial charge in [-0.1, -0.05) is 46.0 Å². The minimum absolute atomic E-state index is 0.698. The maximum Gasteiger partial charge on any atom is 0.0107 e. The lowest BCUT2D eigenvalue weighted by molar-refractivity contribution is 0.177. The Morgan fingerprint density at radius 1 is 1.11 bits per heavy atom. The molecule has 1 N–H and O–H groups in total. The predicted molar refractivity (Wildman–Crippen MR) is 85.7 cm³/mol. The molecule has 1 unspecified atom stereocenters. The molecule has 0 spiro atoms. The van der Waals surface area contributed by atoms with E-state index in [0.29, 0.717) is 6.04 Å². The Bertz CT molecular complexity index is 197. The van der Waals surface area contributed by atoms with Crippen molar-refractivity contribution >= 4 is 0 Å². The van der Waals surface area contributed by atoms with Crippen LogP contribution in [0.4, 0.5) is 0 Å². The summed E-state index contributed by atoms with van der Waals surface area (Å²) < 4.78 is 0. The van der Waals surface area contributed by atoms with E-state index in [4.69, 9.17) is 0 Å². The number of likely N-dealkylation sites (tertiary alicyclic amines) is 1. The van der Waals surface area contributed by atoms with E-state index in [0.717, 1.165) is 5.92 Å². The lowest BCUT2D eigenvalue weighted by Gasteiger charge is -2.32. The highest BCUT2D eigenvalue weighted by atomic mass is 15.1. The van der Waals surface area contributed by atoms with Gasteiger partial charge in [-0.2, -0.15) is 0 Å². The molecule has 0 saturated carbocycles. The van der Waals surface area contributed by atoms with Gasteiger partial charge in [-0.3, -0.25) is 0 Å². The molecular formula is C17H36N2. The summed E-state index contributed by atoms with van der Waals surface area (Å²) in [7, 11) is 0. The molecule has 1 fully saturated rings. The van der Waals surface area contributed by atoms with Crippen molar-refractivity contribution in [2.24, 2.45) is 5.92 Å². The molecule has 0 amide bonds. The molecule has 1 aliphatic rings. The summed E-state index contributed by atoms with van der Waals surface area (Å²) in [6.07, 6.45) is 11.1. The molecule has 2 heteroatoms. The number of unbranched alkanes of at least 4 members (excludes halogenated alkanes) is 2. The number of hydrogen-bond acceptors (Lipinski definition) is 2. The van der Waals surface area contributed by atoms with Crippen molar-refractivity contribution in [3.05, 3.63) is 0 Å². The number of piperidine rings is 1. The van der Waals surface area contributed by atoms with Crippen LogP contribution in [0.5, 0.6) is 0 Å². The summed E-state index contributed by atoms with van der Waals surface area (Å²) >= 11 is 0. The van der Waals surface area contributed by atoms with Gasteiger partial charge in [0, 0.05) is 19.1 Å². The Hall–Kier alpha value is -0.0800. The average molecular weight is 268 g/mol. The number of nitrogens with zero attached hydrogens (tertiary/aromatic N) is 1. The molecule has 19 heavy (non-hydrogen) atoms. The van der Waals surface area contributed by atoms with E-state index in [1.165, 1.54) is 77.5 Å². The van der Waals surface area contributed by atoms with Crippen molar-refractivity contribution in [1.82, 2.24) is 10.2 Å². The zero-order valence-corrected chi connectivity index (χ0v) is 13.6. The Labute approximate surface area is 121 Å². The topological polar surface area (TPSA) is 15.3 Å². The van der Waals surface area contributed by atoms with Gasteiger partial charge in [0.25, 0.3) is 0 Å². The lowest BCUT2D eigenvalue weighted by Crippen LogP contribution is -2.40. The second-order valence-electron chi connectivity index (χ2n) is 6.42. The summed E-state index contributed by atoms with van der Waals surface area (Å²) in [4.78, 5) is 2.65. The van der Waals surface area contributed by atoms with Crippen molar-refractivity contribution < 1.29 is 0 Å². The van der Waals surface area contributed by atoms with Gasteiger partial charge in [0.2, 0.25) is 0 Å². The fourth-order valence-corrected chi connectivity index (χ4v) is 3.18. The zero-order valence-electron chi connectivity index (χ0n) is 13.6. The van der Waals surface area contributed by atoms with E-state index < -0.39 is 0 Å². The average Bonchev–Trinajstić information content (AvgIpc) is 2.41. The summed E-state index contributed by atoms with van der Waals surface area (Å²) in [5, 5.41) is 3.68. The lowest BCUT2D eigenvalue weighted by atomic mass is 9.92. The first-order chi connectivity index (χ1) is 9.26. The van der Waals surface area contributed by atoms with Crippen LogP contribution in [0, 0.1) is 5.92 Å². The third kappa shape index (κ3) is 7.94. The van der Waals surface area contributed by atoms with E-state index in [-0.39, 0.29) is 0 Å². The van der Waals surface area contributed by atoms with Gasteiger partial charge in [-0.05, 0) is 45.2 Å². The van der Waals surface area contributed by atoms with Gasteiger partial charge < -0.3 is 10.2 Å². The highest BCUT2D eigenvalue weighted by Gasteiger charge is 2.17. The van der Waals surface area contributed by atoms with Crippen LogP contribution in [0.15, 0.2) is 0 Å². The molecule has 1 atom stereocenters. The highest BCUT2D eigenvalue weighted by molar-refractivity contribution is 4.73. The number of hydrogen-bond donors (Lipinski definition) is 1. The monoisotopic (exact) mass is 268 g/mol. The summed E-state index contributed by atoms with van der Waals surface area (Å²) in [6, 6.07) is 0.698.